The predicted molar refractivity (Wildman–Crippen MR) is 59.7 cm³/mol. The average Bonchev–Trinajstić information content (AvgIpc) is 2.41. The van der Waals surface area contributed by atoms with Crippen LogP contribution in [0.25, 0.3) is 0 Å². The molecule has 0 spiro atoms. The molecule has 1 aliphatic heterocycles. The number of hydrogen-bond donors (Lipinski definition) is 4. The molecule has 1 atom stereocenters. The SMILES string of the molecule is O=P(O)(O)OC1(O)CNc2ccc(Br)cc21. The summed E-state index contributed by atoms with van der Waals surface area (Å²) in [5.41, 5.74) is 0.879. The van der Waals surface area contributed by atoms with Gasteiger partial charge in [0.15, 0.2) is 0 Å². The van der Waals surface area contributed by atoms with Crippen molar-refractivity contribution in [2.75, 3.05) is 11.9 Å². The monoisotopic (exact) mass is 309 g/mol. The zero-order valence-corrected chi connectivity index (χ0v) is 10.4. The summed E-state index contributed by atoms with van der Waals surface area (Å²) < 4.78 is 15.8. The molecule has 8 heteroatoms. The molecule has 1 unspecified atom stereocenters. The van der Waals surface area contributed by atoms with Gasteiger partial charge in [-0.3, -0.25) is 0 Å². The van der Waals surface area contributed by atoms with E-state index in [1.165, 1.54) is 0 Å². The fourth-order valence-electron chi connectivity index (χ4n) is 1.58. The summed E-state index contributed by atoms with van der Waals surface area (Å²) in [6.07, 6.45) is 0. The van der Waals surface area contributed by atoms with Crippen LogP contribution in [0.5, 0.6) is 0 Å². The van der Waals surface area contributed by atoms with Crippen LogP contribution in [-0.2, 0) is 14.9 Å². The first-order chi connectivity index (χ1) is 7.30. The lowest BCUT2D eigenvalue weighted by Crippen LogP contribution is -2.30. The molecule has 0 aliphatic carbocycles. The molecule has 16 heavy (non-hydrogen) atoms. The molecular formula is C8H9BrNO5P. The minimum Gasteiger partial charge on any atom is -0.379 e. The van der Waals surface area contributed by atoms with Crippen molar-refractivity contribution in [1.29, 1.82) is 0 Å². The fourth-order valence-corrected chi connectivity index (χ4v) is 2.50. The van der Waals surface area contributed by atoms with Crippen molar-refractivity contribution in [2.45, 2.75) is 5.79 Å². The number of anilines is 1. The molecule has 0 saturated carbocycles. The summed E-state index contributed by atoms with van der Waals surface area (Å²) in [5.74, 6) is -2.00. The molecule has 1 aliphatic rings. The maximum absolute atomic E-state index is 10.8. The third kappa shape index (κ3) is 2.29. The normalized spacial score (nSPS) is 24.0. The van der Waals surface area contributed by atoms with E-state index < -0.39 is 13.6 Å². The van der Waals surface area contributed by atoms with Gasteiger partial charge in [-0.15, -0.1) is 0 Å². The molecule has 2 rings (SSSR count). The van der Waals surface area contributed by atoms with Crippen LogP contribution >= 0.6 is 23.8 Å². The van der Waals surface area contributed by atoms with E-state index in [4.69, 9.17) is 9.79 Å². The topological polar surface area (TPSA) is 99.0 Å². The van der Waals surface area contributed by atoms with Gasteiger partial charge in [0, 0.05) is 15.7 Å². The van der Waals surface area contributed by atoms with Gasteiger partial charge in [0.05, 0.1) is 6.54 Å². The third-order valence-electron chi connectivity index (χ3n) is 2.19. The Morgan fingerprint density at radius 1 is 1.50 bits per heavy atom. The van der Waals surface area contributed by atoms with Crippen molar-refractivity contribution >= 4 is 29.4 Å². The van der Waals surface area contributed by atoms with E-state index in [9.17, 15) is 9.67 Å². The number of benzene rings is 1. The van der Waals surface area contributed by atoms with Crippen LogP contribution in [0.1, 0.15) is 5.56 Å². The molecular weight excluding hydrogens is 301 g/mol. The molecule has 4 N–H and O–H groups in total. The van der Waals surface area contributed by atoms with Crippen molar-refractivity contribution < 1.29 is 24.0 Å². The van der Waals surface area contributed by atoms with Crippen molar-refractivity contribution in [2.24, 2.45) is 0 Å². The maximum atomic E-state index is 10.8. The first-order valence-electron chi connectivity index (χ1n) is 4.33. The zero-order chi connectivity index (χ0) is 12.0. The highest BCUT2D eigenvalue weighted by molar-refractivity contribution is 9.10. The number of β-amino-alcohol motifs (C(OH)–C–C–N with tert-alkyl or cyclic N) is 1. The first kappa shape index (κ1) is 12.0. The van der Waals surface area contributed by atoms with Gasteiger partial charge < -0.3 is 20.2 Å². The van der Waals surface area contributed by atoms with E-state index in [1.54, 1.807) is 18.2 Å². The second-order valence-electron chi connectivity index (χ2n) is 3.41. The fraction of sp³-hybridized carbons (Fsp3) is 0.250. The van der Waals surface area contributed by atoms with Gasteiger partial charge in [0.1, 0.15) is 0 Å². The summed E-state index contributed by atoms with van der Waals surface area (Å²) in [7, 11) is -4.76. The van der Waals surface area contributed by atoms with Crippen LogP contribution in [0.3, 0.4) is 0 Å². The van der Waals surface area contributed by atoms with E-state index in [0.717, 1.165) is 0 Å². The van der Waals surface area contributed by atoms with Crippen LogP contribution < -0.4 is 5.32 Å². The number of halogens is 1. The number of rotatable bonds is 2. The van der Waals surface area contributed by atoms with Crippen molar-refractivity contribution in [3.63, 3.8) is 0 Å². The highest BCUT2D eigenvalue weighted by Gasteiger charge is 2.43. The molecule has 0 fully saturated rings. The van der Waals surface area contributed by atoms with Crippen LogP contribution in [0, 0.1) is 0 Å². The Bertz CT molecular complexity index is 475. The Balaban J connectivity index is 2.41. The maximum Gasteiger partial charge on any atom is 0.472 e. The lowest BCUT2D eigenvalue weighted by atomic mass is 10.1. The van der Waals surface area contributed by atoms with Crippen LogP contribution in [-0.4, -0.2) is 21.4 Å². The number of hydrogen-bond acceptors (Lipinski definition) is 4. The molecule has 1 aromatic rings. The minimum absolute atomic E-state index is 0.107. The Morgan fingerprint density at radius 3 is 2.81 bits per heavy atom. The number of aliphatic hydroxyl groups is 1. The lowest BCUT2D eigenvalue weighted by Gasteiger charge is -2.23. The Morgan fingerprint density at radius 2 is 2.19 bits per heavy atom. The molecule has 0 saturated heterocycles. The molecule has 1 aromatic carbocycles. The summed E-state index contributed by atoms with van der Waals surface area (Å²) in [6, 6.07) is 4.97. The second kappa shape index (κ2) is 3.80. The van der Waals surface area contributed by atoms with Crippen molar-refractivity contribution in [1.82, 2.24) is 0 Å². The average molecular weight is 310 g/mol. The zero-order valence-electron chi connectivity index (χ0n) is 7.92. The van der Waals surface area contributed by atoms with Crippen LogP contribution in [0.2, 0.25) is 0 Å². The minimum atomic E-state index is -4.76. The van der Waals surface area contributed by atoms with Gasteiger partial charge in [-0.2, -0.15) is 0 Å². The molecule has 0 radical (unpaired) electrons. The van der Waals surface area contributed by atoms with Gasteiger partial charge in [0.25, 0.3) is 0 Å². The van der Waals surface area contributed by atoms with Gasteiger partial charge >= 0.3 is 7.82 Å². The smallest absolute Gasteiger partial charge is 0.379 e. The summed E-state index contributed by atoms with van der Waals surface area (Å²) in [5, 5.41) is 12.8. The number of phosphoric acid groups is 1. The van der Waals surface area contributed by atoms with Gasteiger partial charge in [-0.25, -0.2) is 9.09 Å². The largest absolute Gasteiger partial charge is 0.472 e. The number of phosphoric ester groups is 1. The Hall–Kier alpha value is -0.430. The van der Waals surface area contributed by atoms with E-state index in [1.807, 2.05) is 0 Å². The number of nitrogens with one attached hydrogen (secondary N) is 1. The molecule has 0 amide bonds. The molecule has 1 heterocycles. The Kier molecular flexibility index (Phi) is 2.86. The van der Waals surface area contributed by atoms with E-state index in [2.05, 4.69) is 25.8 Å². The van der Waals surface area contributed by atoms with Gasteiger partial charge in [0.2, 0.25) is 5.79 Å². The predicted octanol–water partition coefficient (Wildman–Crippen LogP) is 1.13. The molecule has 0 bridgehead atoms. The summed E-state index contributed by atoms with van der Waals surface area (Å²) in [4.78, 5) is 17.5. The second-order valence-corrected chi connectivity index (χ2v) is 5.49. The molecule has 0 aromatic heterocycles. The quantitative estimate of drug-likeness (QED) is 0.483. The van der Waals surface area contributed by atoms with Gasteiger partial charge in [-0.05, 0) is 18.2 Å². The number of fused-ring (bicyclic) bond motifs is 1. The third-order valence-corrected chi connectivity index (χ3v) is 3.22. The van der Waals surface area contributed by atoms with Crippen molar-refractivity contribution in [3.05, 3.63) is 28.2 Å². The van der Waals surface area contributed by atoms with Crippen LogP contribution in [0.15, 0.2) is 22.7 Å². The lowest BCUT2D eigenvalue weighted by molar-refractivity contribution is -0.140. The highest BCUT2D eigenvalue weighted by atomic mass is 79.9. The highest BCUT2D eigenvalue weighted by Crippen LogP contribution is 2.48. The van der Waals surface area contributed by atoms with Crippen molar-refractivity contribution in [3.8, 4) is 0 Å². The van der Waals surface area contributed by atoms with E-state index in [-0.39, 0.29) is 6.54 Å². The molecule has 88 valence electrons. The standard InChI is InChI=1S/C8H9BrNO5P/c9-5-1-2-7-6(3-5)8(11,4-10-7)15-16(12,13)14/h1-3,10-11H,4H2,(H2,12,13,14). The molecule has 6 nitrogen and oxygen atoms in total. The van der Waals surface area contributed by atoms with E-state index in [0.29, 0.717) is 15.7 Å². The Labute approximate surface area is 99.6 Å². The summed E-state index contributed by atoms with van der Waals surface area (Å²) >= 11 is 3.21. The first-order valence-corrected chi connectivity index (χ1v) is 6.65. The van der Waals surface area contributed by atoms with E-state index >= 15 is 0 Å². The summed E-state index contributed by atoms with van der Waals surface area (Å²) in [6.45, 7) is -0.107. The van der Waals surface area contributed by atoms with Gasteiger partial charge in [-0.1, -0.05) is 15.9 Å². The van der Waals surface area contributed by atoms with Crippen LogP contribution in [0.4, 0.5) is 5.69 Å².